The first-order valence-electron chi connectivity index (χ1n) is 6.63. The number of halogens is 1. The molecular formula is C16H21ClN2O. The van der Waals surface area contributed by atoms with Gasteiger partial charge in [0.05, 0.1) is 11.4 Å². The maximum Gasteiger partial charge on any atom is 0.144 e. The van der Waals surface area contributed by atoms with Crippen LogP contribution in [0.5, 0.6) is 5.75 Å². The molecule has 0 aliphatic carbocycles. The quantitative estimate of drug-likeness (QED) is 0.842. The summed E-state index contributed by atoms with van der Waals surface area (Å²) >= 11 is 0. The number of ether oxygens (including phenoxy) is 1. The van der Waals surface area contributed by atoms with Gasteiger partial charge >= 0.3 is 0 Å². The van der Waals surface area contributed by atoms with Crippen LogP contribution in [0.1, 0.15) is 25.2 Å². The van der Waals surface area contributed by atoms with Crippen molar-refractivity contribution in [3.05, 3.63) is 47.8 Å². The van der Waals surface area contributed by atoms with E-state index in [0.29, 0.717) is 0 Å². The molecule has 0 atom stereocenters. The van der Waals surface area contributed by atoms with E-state index < -0.39 is 0 Å². The predicted molar refractivity (Wildman–Crippen MR) is 84.1 cm³/mol. The first-order valence-corrected chi connectivity index (χ1v) is 6.63. The molecule has 1 aliphatic heterocycles. The van der Waals surface area contributed by atoms with E-state index in [1.807, 2.05) is 12.1 Å². The van der Waals surface area contributed by atoms with Gasteiger partial charge in [0.1, 0.15) is 11.4 Å². The Morgan fingerprint density at radius 1 is 1.10 bits per heavy atom. The van der Waals surface area contributed by atoms with Crippen molar-refractivity contribution in [2.75, 3.05) is 14.1 Å². The highest BCUT2D eigenvalue weighted by Crippen LogP contribution is 2.40. The third kappa shape index (κ3) is 2.32. The second kappa shape index (κ2) is 5.15. The van der Waals surface area contributed by atoms with Gasteiger partial charge in [0.25, 0.3) is 0 Å². The molecule has 3 nitrogen and oxygen atoms in total. The second-order valence-corrected chi connectivity index (χ2v) is 5.86. The molecule has 0 unspecified atom stereocenters. The van der Waals surface area contributed by atoms with E-state index in [1.54, 1.807) is 0 Å². The summed E-state index contributed by atoms with van der Waals surface area (Å²) in [5, 5.41) is 0. The zero-order valence-electron chi connectivity index (χ0n) is 12.4. The van der Waals surface area contributed by atoms with E-state index in [1.165, 1.54) is 11.4 Å². The second-order valence-electron chi connectivity index (χ2n) is 5.86. The number of fused-ring (bicyclic) bond motifs is 3. The van der Waals surface area contributed by atoms with E-state index in [0.717, 1.165) is 18.0 Å². The molecule has 0 saturated carbocycles. The molecule has 2 heterocycles. The van der Waals surface area contributed by atoms with Crippen LogP contribution in [0, 0.1) is 0 Å². The fourth-order valence-electron chi connectivity index (χ4n) is 2.74. The van der Waals surface area contributed by atoms with Gasteiger partial charge in [0, 0.05) is 12.2 Å². The summed E-state index contributed by atoms with van der Waals surface area (Å²) in [7, 11) is 4.19. The lowest BCUT2D eigenvalue weighted by Gasteiger charge is -2.35. The van der Waals surface area contributed by atoms with Crippen molar-refractivity contribution in [3.8, 4) is 11.4 Å². The van der Waals surface area contributed by atoms with Gasteiger partial charge in [-0.1, -0.05) is 12.1 Å². The summed E-state index contributed by atoms with van der Waals surface area (Å²) in [5.41, 5.74) is 3.35. The molecule has 1 aliphatic rings. The first-order chi connectivity index (χ1) is 8.99. The maximum atomic E-state index is 6.13. The minimum atomic E-state index is -0.293. The van der Waals surface area contributed by atoms with Crippen molar-refractivity contribution in [3.63, 3.8) is 0 Å². The third-order valence-corrected chi connectivity index (χ3v) is 3.53. The van der Waals surface area contributed by atoms with Gasteiger partial charge in [-0.2, -0.15) is 0 Å². The van der Waals surface area contributed by atoms with Crippen molar-refractivity contribution in [1.82, 2.24) is 9.47 Å². The molecule has 0 amide bonds. The lowest BCUT2D eigenvalue weighted by Crippen LogP contribution is -2.33. The Balaban J connectivity index is 0.00000147. The highest BCUT2D eigenvalue weighted by Gasteiger charge is 2.33. The average Bonchev–Trinajstić information content (AvgIpc) is 2.73. The Bertz CT molecular complexity index is 617. The van der Waals surface area contributed by atoms with Gasteiger partial charge in [-0.15, -0.1) is 12.4 Å². The fourth-order valence-corrected chi connectivity index (χ4v) is 2.74. The lowest BCUT2D eigenvalue weighted by molar-refractivity contribution is 0.0917. The smallest absolute Gasteiger partial charge is 0.144 e. The van der Waals surface area contributed by atoms with E-state index >= 15 is 0 Å². The lowest BCUT2D eigenvalue weighted by atomic mass is 10.0. The molecule has 0 saturated heterocycles. The monoisotopic (exact) mass is 292 g/mol. The van der Waals surface area contributed by atoms with Gasteiger partial charge in [-0.25, -0.2) is 0 Å². The Hall–Kier alpha value is -1.45. The third-order valence-electron chi connectivity index (χ3n) is 3.53. The van der Waals surface area contributed by atoms with Crippen LogP contribution >= 0.6 is 12.4 Å². The number of rotatable bonds is 2. The predicted octanol–water partition coefficient (Wildman–Crippen LogP) is 3.59. The summed E-state index contributed by atoms with van der Waals surface area (Å²) in [6.45, 7) is 5.16. The van der Waals surface area contributed by atoms with Crippen molar-refractivity contribution in [2.45, 2.75) is 26.0 Å². The number of hydrogen-bond donors (Lipinski definition) is 0. The fraction of sp³-hybridized carbons (Fsp3) is 0.375. The standard InChI is InChI=1S/C16H20N2O.ClH/c1-16(2)15-10-9-12(11-17(3)4)18(15)13-7-5-6-8-14(13)19-16;/h5-10H,11H2,1-4H3;1H. The first kappa shape index (κ1) is 14.9. The molecule has 3 rings (SSSR count). The minimum Gasteiger partial charge on any atom is -0.479 e. The summed E-state index contributed by atoms with van der Waals surface area (Å²) in [4.78, 5) is 2.19. The van der Waals surface area contributed by atoms with Crippen LogP contribution in [0.4, 0.5) is 0 Å². The SMILES string of the molecule is CN(C)Cc1ccc2n1-c1ccccc1OC2(C)C.Cl. The van der Waals surface area contributed by atoms with E-state index in [9.17, 15) is 0 Å². The molecule has 2 aromatic rings. The number of nitrogens with zero attached hydrogens (tertiary/aromatic N) is 2. The van der Waals surface area contributed by atoms with Crippen LogP contribution in [0.3, 0.4) is 0 Å². The maximum absolute atomic E-state index is 6.13. The van der Waals surface area contributed by atoms with Gasteiger partial charge in [0.15, 0.2) is 0 Å². The van der Waals surface area contributed by atoms with Gasteiger partial charge in [-0.3, -0.25) is 0 Å². The van der Waals surface area contributed by atoms with Crippen LogP contribution in [0.15, 0.2) is 36.4 Å². The minimum absolute atomic E-state index is 0. The summed E-state index contributed by atoms with van der Waals surface area (Å²) in [5.74, 6) is 0.955. The number of aromatic nitrogens is 1. The van der Waals surface area contributed by atoms with Crippen LogP contribution in [0.2, 0.25) is 0 Å². The molecule has 20 heavy (non-hydrogen) atoms. The average molecular weight is 293 g/mol. The van der Waals surface area contributed by atoms with Gasteiger partial charge < -0.3 is 14.2 Å². The Morgan fingerprint density at radius 2 is 1.80 bits per heavy atom. The molecule has 0 spiro atoms. The molecule has 1 aromatic heterocycles. The van der Waals surface area contributed by atoms with Crippen molar-refractivity contribution < 1.29 is 4.74 Å². The van der Waals surface area contributed by atoms with Crippen LogP contribution < -0.4 is 4.74 Å². The molecule has 0 fully saturated rings. The topological polar surface area (TPSA) is 17.4 Å². The van der Waals surface area contributed by atoms with Crippen molar-refractivity contribution >= 4 is 12.4 Å². The highest BCUT2D eigenvalue weighted by molar-refractivity contribution is 5.85. The number of hydrogen-bond acceptors (Lipinski definition) is 2. The molecule has 0 radical (unpaired) electrons. The summed E-state index contributed by atoms with van der Waals surface area (Å²) in [6, 6.07) is 12.6. The molecule has 0 N–H and O–H groups in total. The zero-order chi connectivity index (χ0) is 13.6. The van der Waals surface area contributed by atoms with E-state index in [4.69, 9.17) is 4.74 Å². The van der Waals surface area contributed by atoms with Crippen LogP contribution in [-0.2, 0) is 12.1 Å². The van der Waals surface area contributed by atoms with Gasteiger partial charge in [0.2, 0.25) is 0 Å². The van der Waals surface area contributed by atoms with Crippen LogP contribution in [0.25, 0.3) is 5.69 Å². The van der Waals surface area contributed by atoms with E-state index in [2.05, 4.69) is 61.7 Å². The van der Waals surface area contributed by atoms with Crippen molar-refractivity contribution in [1.29, 1.82) is 0 Å². The zero-order valence-corrected chi connectivity index (χ0v) is 13.2. The normalized spacial score (nSPS) is 15.1. The molecule has 0 bridgehead atoms. The molecule has 1 aromatic carbocycles. The van der Waals surface area contributed by atoms with Gasteiger partial charge in [-0.05, 0) is 52.2 Å². The van der Waals surface area contributed by atoms with Crippen LogP contribution in [-0.4, -0.2) is 23.6 Å². The largest absolute Gasteiger partial charge is 0.479 e. The summed E-state index contributed by atoms with van der Waals surface area (Å²) < 4.78 is 8.46. The Labute approximate surface area is 126 Å². The van der Waals surface area contributed by atoms with E-state index in [-0.39, 0.29) is 18.0 Å². The number of benzene rings is 1. The molecular weight excluding hydrogens is 272 g/mol. The summed E-state index contributed by atoms with van der Waals surface area (Å²) in [6.07, 6.45) is 0. The Morgan fingerprint density at radius 3 is 2.50 bits per heavy atom. The molecule has 4 heteroatoms. The van der Waals surface area contributed by atoms with Crippen molar-refractivity contribution in [2.24, 2.45) is 0 Å². The Kier molecular flexibility index (Phi) is 3.85. The number of para-hydroxylation sites is 2. The molecule has 108 valence electrons. The highest BCUT2D eigenvalue weighted by atomic mass is 35.5.